The van der Waals surface area contributed by atoms with Crippen LogP contribution in [0.4, 0.5) is 8.78 Å². The van der Waals surface area contributed by atoms with E-state index >= 15 is 0 Å². The molecule has 1 atom stereocenters. The molecule has 1 N–H and O–H groups in total. The molecule has 1 aliphatic heterocycles. The Morgan fingerprint density at radius 2 is 2.00 bits per heavy atom. The topological polar surface area (TPSA) is 30.5 Å². The Morgan fingerprint density at radius 3 is 2.50 bits per heavy atom. The first-order valence-corrected chi connectivity index (χ1v) is 6.82. The van der Waals surface area contributed by atoms with E-state index in [9.17, 15) is 8.78 Å². The molecule has 0 spiro atoms. The molecule has 1 saturated heterocycles. The molecule has 112 valence electrons. The monoisotopic (exact) mass is 285 g/mol. The molecule has 0 saturated carbocycles. The molecular formula is C15H21F2NO2. The fourth-order valence-electron chi connectivity index (χ4n) is 2.68. The van der Waals surface area contributed by atoms with Gasteiger partial charge in [-0.3, -0.25) is 0 Å². The number of piperidine rings is 1. The number of hydrogen-bond donors (Lipinski definition) is 1. The molecule has 1 fully saturated rings. The highest BCUT2D eigenvalue weighted by Crippen LogP contribution is 2.43. The molecule has 20 heavy (non-hydrogen) atoms. The van der Waals surface area contributed by atoms with E-state index < -0.39 is 5.92 Å². The Balaban J connectivity index is 2.48. The van der Waals surface area contributed by atoms with Gasteiger partial charge < -0.3 is 14.8 Å². The van der Waals surface area contributed by atoms with E-state index in [2.05, 4.69) is 5.32 Å². The lowest BCUT2D eigenvalue weighted by atomic mass is 9.89. The van der Waals surface area contributed by atoms with E-state index in [1.807, 2.05) is 6.07 Å². The fraction of sp³-hybridized carbons (Fsp3) is 0.600. The summed E-state index contributed by atoms with van der Waals surface area (Å²) in [5.74, 6) is -2.24. The van der Waals surface area contributed by atoms with Crippen LogP contribution in [0.25, 0.3) is 0 Å². The third-order valence-electron chi connectivity index (χ3n) is 3.74. The van der Waals surface area contributed by atoms with Crippen molar-refractivity contribution >= 4 is 0 Å². The van der Waals surface area contributed by atoms with Crippen molar-refractivity contribution in [2.45, 2.75) is 31.6 Å². The summed E-state index contributed by atoms with van der Waals surface area (Å²) in [5, 5.41) is 3.30. The van der Waals surface area contributed by atoms with Crippen molar-refractivity contribution < 1.29 is 18.3 Å². The molecule has 0 radical (unpaired) electrons. The van der Waals surface area contributed by atoms with Crippen LogP contribution in [0.15, 0.2) is 12.1 Å². The molecule has 0 aromatic heterocycles. The molecule has 3 nitrogen and oxygen atoms in total. The lowest BCUT2D eigenvalue weighted by molar-refractivity contribution is 0.0146. The van der Waals surface area contributed by atoms with Crippen LogP contribution in [0.1, 0.15) is 36.8 Å². The first-order valence-electron chi connectivity index (χ1n) is 6.82. The quantitative estimate of drug-likeness (QED) is 0.921. The largest absolute Gasteiger partial charge is 0.493 e. The summed E-state index contributed by atoms with van der Waals surface area (Å²) in [4.78, 5) is 0. The van der Waals surface area contributed by atoms with Gasteiger partial charge in [0, 0.05) is 13.5 Å². The van der Waals surface area contributed by atoms with Crippen molar-refractivity contribution in [3.05, 3.63) is 23.3 Å². The average molecular weight is 285 g/mol. The predicted octanol–water partition coefficient (Wildman–Crippen LogP) is 3.28. The first kappa shape index (κ1) is 15.0. The van der Waals surface area contributed by atoms with Gasteiger partial charge in [-0.2, -0.15) is 0 Å². The lowest BCUT2D eigenvalue weighted by Gasteiger charge is -2.26. The molecule has 2 rings (SSSR count). The zero-order chi connectivity index (χ0) is 14.8. The Morgan fingerprint density at radius 1 is 1.25 bits per heavy atom. The van der Waals surface area contributed by atoms with Crippen LogP contribution in [-0.2, 0) is 5.92 Å². The Bertz CT molecular complexity index is 466. The van der Waals surface area contributed by atoms with Crippen molar-refractivity contribution in [1.82, 2.24) is 5.32 Å². The predicted molar refractivity (Wildman–Crippen MR) is 74.0 cm³/mol. The normalized spacial score (nSPS) is 19.8. The van der Waals surface area contributed by atoms with Crippen LogP contribution in [0.2, 0.25) is 0 Å². The molecule has 0 amide bonds. The van der Waals surface area contributed by atoms with Crippen LogP contribution >= 0.6 is 0 Å². The summed E-state index contributed by atoms with van der Waals surface area (Å²) >= 11 is 0. The van der Waals surface area contributed by atoms with Crippen molar-refractivity contribution in [1.29, 1.82) is 0 Å². The number of methoxy groups -OCH3 is 2. The lowest BCUT2D eigenvalue weighted by Crippen LogP contribution is -2.28. The highest BCUT2D eigenvalue weighted by molar-refractivity contribution is 5.52. The number of hydrogen-bond acceptors (Lipinski definition) is 3. The molecule has 1 aromatic carbocycles. The Hall–Kier alpha value is -1.36. The minimum Gasteiger partial charge on any atom is -0.493 e. The van der Waals surface area contributed by atoms with E-state index in [0.717, 1.165) is 38.4 Å². The molecule has 1 unspecified atom stereocenters. The first-order chi connectivity index (χ1) is 9.47. The van der Waals surface area contributed by atoms with Crippen LogP contribution in [0.3, 0.4) is 0 Å². The van der Waals surface area contributed by atoms with E-state index in [1.165, 1.54) is 14.2 Å². The average Bonchev–Trinajstić information content (AvgIpc) is 2.45. The molecular weight excluding hydrogens is 264 g/mol. The van der Waals surface area contributed by atoms with Crippen LogP contribution in [0, 0.1) is 0 Å². The van der Waals surface area contributed by atoms with Gasteiger partial charge in [-0.1, -0.05) is 0 Å². The van der Waals surface area contributed by atoms with E-state index in [0.29, 0.717) is 5.75 Å². The number of ether oxygens (including phenoxy) is 2. The second kappa shape index (κ2) is 5.95. The number of benzene rings is 1. The van der Waals surface area contributed by atoms with Gasteiger partial charge in [0.2, 0.25) is 0 Å². The summed E-state index contributed by atoms with van der Waals surface area (Å²) in [6, 6.07) is 3.37. The van der Waals surface area contributed by atoms with Crippen LogP contribution < -0.4 is 14.8 Å². The maximum atomic E-state index is 13.8. The number of nitrogens with one attached hydrogen (secondary N) is 1. The maximum Gasteiger partial charge on any atom is 0.274 e. The summed E-state index contributed by atoms with van der Waals surface area (Å²) < 4.78 is 38.0. The summed E-state index contributed by atoms with van der Waals surface area (Å²) in [6.07, 6.45) is 2.05. The van der Waals surface area contributed by atoms with Crippen LogP contribution in [0.5, 0.6) is 11.5 Å². The van der Waals surface area contributed by atoms with Crippen LogP contribution in [-0.4, -0.2) is 27.3 Å². The molecule has 5 heteroatoms. The molecule has 1 aliphatic rings. The van der Waals surface area contributed by atoms with Gasteiger partial charge in [0.25, 0.3) is 5.92 Å². The summed E-state index contributed by atoms with van der Waals surface area (Å²) in [7, 11) is 2.85. The van der Waals surface area contributed by atoms with E-state index in [-0.39, 0.29) is 17.2 Å². The van der Waals surface area contributed by atoms with Gasteiger partial charge in [-0.25, -0.2) is 8.78 Å². The van der Waals surface area contributed by atoms with Crippen molar-refractivity contribution in [2.24, 2.45) is 0 Å². The standard InChI is InChI=1S/C15H21F2NO2/c1-15(16,17)12-7-11(10-5-4-6-18-9-10)8-13(19-2)14(12)20-3/h7-8,10,18H,4-6,9H2,1-3H3. The van der Waals surface area contributed by atoms with Crippen molar-refractivity contribution in [3.8, 4) is 11.5 Å². The second-order valence-electron chi connectivity index (χ2n) is 5.24. The minimum atomic E-state index is -2.96. The Labute approximate surface area is 118 Å². The van der Waals surface area contributed by atoms with Crippen molar-refractivity contribution in [2.75, 3.05) is 27.3 Å². The number of halogens is 2. The third-order valence-corrected chi connectivity index (χ3v) is 3.74. The maximum absolute atomic E-state index is 13.8. The zero-order valence-corrected chi connectivity index (χ0v) is 12.1. The van der Waals surface area contributed by atoms with Gasteiger partial charge in [0.1, 0.15) is 0 Å². The Kier molecular flexibility index (Phi) is 4.48. The highest BCUT2D eigenvalue weighted by Gasteiger charge is 2.32. The number of rotatable bonds is 4. The third kappa shape index (κ3) is 3.03. The van der Waals surface area contributed by atoms with Gasteiger partial charge in [0.15, 0.2) is 11.5 Å². The summed E-state index contributed by atoms with van der Waals surface area (Å²) in [5.41, 5.74) is 0.770. The number of alkyl halides is 2. The molecule has 1 heterocycles. The summed E-state index contributed by atoms with van der Waals surface area (Å²) in [6.45, 7) is 2.68. The smallest absolute Gasteiger partial charge is 0.274 e. The van der Waals surface area contributed by atoms with E-state index in [4.69, 9.17) is 9.47 Å². The van der Waals surface area contributed by atoms with Gasteiger partial charge >= 0.3 is 0 Å². The molecule has 0 aliphatic carbocycles. The van der Waals surface area contributed by atoms with Gasteiger partial charge in [0.05, 0.1) is 19.8 Å². The minimum absolute atomic E-state index is 0.111. The second-order valence-corrected chi connectivity index (χ2v) is 5.24. The highest BCUT2D eigenvalue weighted by atomic mass is 19.3. The fourth-order valence-corrected chi connectivity index (χ4v) is 2.68. The van der Waals surface area contributed by atoms with Crippen molar-refractivity contribution in [3.63, 3.8) is 0 Å². The van der Waals surface area contributed by atoms with Gasteiger partial charge in [-0.05, 0) is 43.0 Å². The van der Waals surface area contributed by atoms with Gasteiger partial charge in [-0.15, -0.1) is 0 Å². The van der Waals surface area contributed by atoms with E-state index in [1.54, 1.807) is 6.07 Å². The molecule has 1 aromatic rings. The zero-order valence-electron chi connectivity index (χ0n) is 12.1. The molecule has 0 bridgehead atoms. The SMILES string of the molecule is COc1cc(C2CCCNC2)cc(C(C)(F)F)c1OC.